The number of rotatable bonds is 13. The maximum atomic E-state index is 12.8. The lowest BCUT2D eigenvalue weighted by molar-refractivity contribution is 0.0603. The van der Waals surface area contributed by atoms with Gasteiger partial charge in [0.05, 0.1) is 18.1 Å². The van der Waals surface area contributed by atoms with Crippen LogP contribution in [0.3, 0.4) is 0 Å². The minimum absolute atomic E-state index is 0.389. The Kier molecular flexibility index (Phi) is 10.3. The number of hydrogen-bond acceptors (Lipinski definition) is 9. The van der Waals surface area contributed by atoms with Crippen molar-refractivity contribution in [3.05, 3.63) is 186 Å². The lowest BCUT2D eigenvalue weighted by atomic mass is 9.77. The molecule has 0 aliphatic rings. The molecule has 0 amide bonds. The molecule has 10 heteroatoms. The van der Waals surface area contributed by atoms with E-state index in [1.807, 2.05) is 35.0 Å². The molecule has 8 rings (SSSR count). The van der Waals surface area contributed by atoms with Crippen LogP contribution in [0.25, 0.3) is 33.5 Å². The lowest BCUT2D eigenvalue weighted by Crippen LogP contribution is -2.39. The average Bonchev–Trinajstić information content (AvgIpc) is 3.76. The molecule has 0 radical (unpaired) electrons. The fraction of sp³-hybridized carbons (Fsp3) is 0.152. The molecule has 0 unspecified atom stereocenters. The molecule has 0 aliphatic heterocycles. The van der Waals surface area contributed by atoms with E-state index in [1.165, 1.54) is 13.4 Å². The average molecular weight is 737 g/mol. The number of unbranched alkanes of at least 4 members (excludes halogenated alkanes) is 1. The highest BCUT2D eigenvalue weighted by Gasteiger charge is 2.42. The lowest BCUT2D eigenvalue weighted by Gasteiger charge is -2.36. The molecule has 0 atom stereocenters. The van der Waals surface area contributed by atoms with Crippen molar-refractivity contribution in [1.82, 2.24) is 35.2 Å². The van der Waals surface area contributed by atoms with Gasteiger partial charge in [-0.15, -0.1) is 5.10 Å². The van der Waals surface area contributed by atoms with Crippen LogP contribution in [0.5, 0.6) is 0 Å². The first kappa shape index (κ1) is 35.9. The number of anilines is 1. The summed E-state index contributed by atoms with van der Waals surface area (Å²) in [6.45, 7) is 3.46. The van der Waals surface area contributed by atoms with E-state index in [9.17, 15) is 4.79 Å². The van der Waals surface area contributed by atoms with Gasteiger partial charge in [0.15, 0.2) is 11.5 Å². The molecule has 3 aromatic heterocycles. The number of benzene rings is 5. The number of carbonyl (C=O) groups is 1. The van der Waals surface area contributed by atoms with Crippen LogP contribution in [0, 0.1) is 0 Å². The predicted molar refractivity (Wildman–Crippen MR) is 218 cm³/mol. The van der Waals surface area contributed by atoms with Gasteiger partial charge in [-0.3, -0.25) is 0 Å². The van der Waals surface area contributed by atoms with Gasteiger partial charge < -0.3 is 9.64 Å². The van der Waals surface area contributed by atoms with Gasteiger partial charge in [-0.2, -0.15) is 0 Å². The second-order valence-electron chi connectivity index (χ2n) is 13.5. The summed E-state index contributed by atoms with van der Waals surface area (Å²) in [5.74, 6) is 0.834. The summed E-state index contributed by atoms with van der Waals surface area (Å²) in [7, 11) is 1.37. The Labute approximate surface area is 325 Å². The van der Waals surface area contributed by atoms with Crippen molar-refractivity contribution in [2.75, 3.05) is 18.6 Å². The molecule has 0 saturated carbocycles. The summed E-state index contributed by atoms with van der Waals surface area (Å²) in [5.41, 5.74) is 7.06. The van der Waals surface area contributed by atoms with Gasteiger partial charge in [-0.1, -0.05) is 153 Å². The van der Waals surface area contributed by atoms with Gasteiger partial charge in [0.1, 0.15) is 17.7 Å². The number of ether oxygens (including phenoxy) is 1. The quantitative estimate of drug-likeness (QED) is 0.0847. The standard InChI is InChI=1S/C46H40N8O2/c1-3-4-30-53(44-41-40(45(55)56-2)28-29-47-42(41)48-32-49-44)31-33-24-26-34(27-25-33)38-22-14-15-23-39(38)43-50-51-52-54(43)46(35-16-8-5-9-17-35,36-18-10-6-11-19-36)37-20-12-7-13-21-37/h5-29,32H,3-4,30-31H2,1-2H3. The van der Waals surface area contributed by atoms with E-state index in [-0.39, 0.29) is 0 Å². The molecule has 0 aliphatic carbocycles. The number of tetrazole rings is 1. The largest absolute Gasteiger partial charge is 0.465 e. The third-order valence-electron chi connectivity index (χ3n) is 10.2. The number of aromatic nitrogens is 7. The molecule has 56 heavy (non-hydrogen) atoms. The van der Waals surface area contributed by atoms with Crippen molar-refractivity contribution < 1.29 is 9.53 Å². The van der Waals surface area contributed by atoms with Crippen molar-refractivity contribution in [2.24, 2.45) is 0 Å². The minimum atomic E-state index is -0.879. The number of carbonyl (C=O) groups excluding carboxylic acids is 1. The van der Waals surface area contributed by atoms with Crippen LogP contribution in [0.4, 0.5) is 5.82 Å². The highest BCUT2D eigenvalue weighted by molar-refractivity contribution is 6.06. The van der Waals surface area contributed by atoms with Crippen LogP contribution in [0.2, 0.25) is 0 Å². The Bertz CT molecular complexity index is 2460. The van der Waals surface area contributed by atoms with Gasteiger partial charge in [-0.25, -0.2) is 24.4 Å². The molecule has 10 nitrogen and oxygen atoms in total. The fourth-order valence-electron chi connectivity index (χ4n) is 7.53. The number of esters is 1. The monoisotopic (exact) mass is 736 g/mol. The van der Waals surface area contributed by atoms with E-state index >= 15 is 0 Å². The first-order valence-electron chi connectivity index (χ1n) is 18.7. The first-order valence-corrected chi connectivity index (χ1v) is 18.7. The molecule has 0 bridgehead atoms. The smallest absolute Gasteiger partial charge is 0.338 e. The number of hydrogen-bond donors (Lipinski definition) is 0. The van der Waals surface area contributed by atoms with Gasteiger partial charge >= 0.3 is 5.97 Å². The van der Waals surface area contributed by atoms with Crippen molar-refractivity contribution in [3.8, 4) is 22.5 Å². The Morgan fingerprint density at radius 3 is 1.93 bits per heavy atom. The topological polar surface area (TPSA) is 112 Å². The van der Waals surface area contributed by atoms with E-state index in [4.69, 9.17) is 15.0 Å². The Hall–Kier alpha value is -7.07. The van der Waals surface area contributed by atoms with Gasteiger partial charge in [0, 0.05) is 24.8 Å². The van der Waals surface area contributed by atoms with Gasteiger partial charge in [-0.05, 0) is 56.3 Å². The molecular weight excluding hydrogens is 697 g/mol. The van der Waals surface area contributed by atoms with E-state index in [2.05, 4.69) is 141 Å². The molecule has 0 spiro atoms. The van der Waals surface area contributed by atoms with Crippen LogP contribution in [-0.2, 0) is 16.8 Å². The molecule has 8 aromatic rings. The second kappa shape index (κ2) is 16.1. The number of pyridine rings is 1. The molecular formula is C46H40N8O2. The highest BCUT2D eigenvalue weighted by atomic mass is 16.5. The molecule has 3 heterocycles. The van der Waals surface area contributed by atoms with E-state index < -0.39 is 11.5 Å². The Morgan fingerprint density at radius 1 is 0.714 bits per heavy atom. The molecule has 0 saturated heterocycles. The van der Waals surface area contributed by atoms with E-state index in [0.29, 0.717) is 34.8 Å². The SMILES string of the molecule is CCCCN(Cc1ccc(-c2ccccc2-c2nnnn2C(c2ccccc2)(c2ccccc2)c2ccccc2)cc1)c1ncnc2nccc(C(=O)OC)c12. The molecule has 0 fully saturated rings. The molecule has 0 N–H and O–H groups in total. The van der Waals surface area contributed by atoms with Crippen LogP contribution in [0.1, 0.15) is 52.4 Å². The number of nitrogens with zero attached hydrogens (tertiary/aromatic N) is 8. The molecule has 5 aromatic carbocycles. The van der Waals surface area contributed by atoms with E-state index in [1.54, 1.807) is 12.3 Å². The second-order valence-corrected chi connectivity index (χ2v) is 13.5. The summed E-state index contributed by atoms with van der Waals surface area (Å²) < 4.78 is 7.08. The highest BCUT2D eigenvalue weighted by Crippen LogP contribution is 2.43. The summed E-state index contributed by atoms with van der Waals surface area (Å²) in [6.07, 6.45) is 5.01. The Morgan fingerprint density at radius 2 is 1.32 bits per heavy atom. The maximum absolute atomic E-state index is 12.8. The minimum Gasteiger partial charge on any atom is -0.465 e. The zero-order chi connectivity index (χ0) is 38.3. The van der Waals surface area contributed by atoms with Crippen molar-refractivity contribution in [3.63, 3.8) is 0 Å². The molecule has 276 valence electrons. The summed E-state index contributed by atoms with van der Waals surface area (Å²) in [4.78, 5) is 28.5. The zero-order valence-electron chi connectivity index (χ0n) is 31.2. The summed E-state index contributed by atoms with van der Waals surface area (Å²) in [5, 5.41) is 14.4. The normalized spacial score (nSPS) is 11.4. The van der Waals surface area contributed by atoms with Crippen LogP contribution in [0.15, 0.2) is 158 Å². The summed E-state index contributed by atoms with van der Waals surface area (Å²) in [6, 6.07) is 49.7. The third kappa shape index (κ3) is 6.66. The van der Waals surface area contributed by atoms with Crippen molar-refractivity contribution in [2.45, 2.75) is 31.8 Å². The summed E-state index contributed by atoms with van der Waals surface area (Å²) >= 11 is 0. The third-order valence-corrected chi connectivity index (χ3v) is 10.2. The maximum Gasteiger partial charge on any atom is 0.338 e. The van der Waals surface area contributed by atoms with Crippen molar-refractivity contribution in [1.29, 1.82) is 0 Å². The number of fused-ring (bicyclic) bond motifs is 1. The first-order chi connectivity index (χ1) is 27.6. The van der Waals surface area contributed by atoms with Gasteiger partial charge in [0.2, 0.25) is 0 Å². The van der Waals surface area contributed by atoms with Crippen molar-refractivity contribution >= 4 is 22.8 Å². The fourth-order valence-corrected chi connectivity index (χ4v) is 7.53. The van der Waals surface area contributed by atoms with E-state index in [0.717, 1.165) is 58.3 Å². The Balaban J connectivity index is 1.20. The van der Waals surface area contributed by atoms with Crippen LogP contribution >= 0.6 is 0 Å². The van der Waals surface area contributed by atoms with Gasteiger partial charge in [0.25, 0.3) is 0 Å². The van der Waals surface area contributed by atoms with Crippen LogP contribution in [-0.4, -0.2) is 54.8 Å². The number of methoxy groups -OCH3 is 1. The predicted octanol–water partition coefficient (Wildman–Crippen LogP) is 8.78. The van der Waals surface area contributed by atoms with Crippen LogP contribution < -0.4 is 4.90 Å². The zero-order valence-corrected chi connectivity index (χ0v) is 31.2.